The third-order valence-electron chi connectivity index (χ3n) is 3.39. The molecule has 7 heteroatoms. The van der Waals surface area contributed by atoms with Crippen molar-refractivity contribution in [1.82, 2.24) is 5.32 Å². The van der Waals surface area contributed by atoms with Crippen LogP contribution in [0.3, 0.4) is 0 Å². The van der Waals surface area contributed by atoms with Crippen molar-refractivity contribution in [3.8, 4) is 5.75 Å². The number of benzene rings is 1. The standard InChI is InChI=1S/C14H22N2O4S/c1-4-10(5-2)14(17)16-9-11-8-12(21(15,18)19)6-7-13(11)20-3/h6-8,10H,4-5,9H2,1-3H3,(H,16,17)(H2,15,18,19). The summed E-state index contributed by atoms with van der Waals surface area (Å²) < 4.78 is 27.9. The van der Waals surface area contributed by atoms with E-state index in [0.29, 0.717) is 11.3 Å². The predicted octanol–water partition coefficient (Wildman–Crippen LogP) is 1.40. The van der Waals surface area contributed by atoms with Gasteiger partial charge in [0.2, 0.25) is 15.9 Å². The van der Waals surface area contributed by atoms with Crippen molar-refractivity contribution in [3.63, 3.8) is 0 Å². The average Bonchev–Trinajstić information content (AvgIpc) is 2.45. The first-order valence-corrected chi connectivity index (χ1v) is 8.35. The number of sulfonamides is 1. The van der Waals surface area contributed by atoms with Gasteiger partial charge in [-0.3, -0.25) is 4.79 Å². The van der Waals surface area contributed by atoms with Crippen molar-refractivity contribution >= 4 is 15.9 Å². The third kappa shape index (κ3) is 4.71. The number of carbonyl (C=O) groups excluding carboxylic acids is 1. The van der Waals surface area contributed by atoms with Crippen LogP contribution in [-0.2, 0) is 21.4 Å². The van der Waals surface area contributed by atoms with Gasteiger partial charge in [0.25, 0.3) is 0 Å². The second-order valence-corrected chi connectivity index (χ2v) is 6.31. The van der Waals surface area contributed by atoms with Crippen molar-refractivity contribution < 1.29 is 17.9 Å². The summed E-state index contributed by atoms with van der Waals surface area (Å²) in [7, 11) is -2.30. The fraction of sp³-hybridized carbons (Fsp3) is 0.500. The molecule has 0 heterocycles. The van der Waals surface area contributed by atoms with Gasteiger partial charge in [0.15, 0.2) is 0 Å². The summed E-state index contributed by atoms with van der Waals surface area (Å²) >= 11 is 0. The second kappa shape index (κ2) is 7.42. The maximum atomic E-state index is 12.0. The summed E-state index contributed by atoms with van der Waals surface area (Å²) in [6.45, 7) is 4.10. The van der Waals surface area contributed by atoms with E-state index >= 15 is 0 Å². The number of primary sulfonamides is 1. The molecule has 0 aliphatic carbocycles. The van der Waals surface area contributed by atoms with Gasteiger partial charge in [0.1, 0.15) is 5.75 Å². The summed E-state index contributed by atoms with van der Waals surface area (Å²) in [6, 6.07) is 4.32. The Balaban J connectivity index is 2.94. The van der Waals surface area contributed by atoms with Crippen LogP contribution < -0.4 is 15.2 Å². The number of hydrogen-bond acceptors (Lipinski definition) is 4. The Morgan fingerprint density at radius 3 is 2.43 bits per heavy atom. The molecule has 0 aliphatic heterocycles. The molecule has 6 nitrogen and oxygen atoms in total. The normalized spacial score (nSPS) is 11.5. The molecule has 0 saturated heterocycles. The quantitative estimate of drug-likeness (QED) is 0.794. The van der Waals surface area contributed by atoms with Crippen LogP contribution in [0.2, 0.25) is 0 Å². The fourth-order valence-corrected chi connectivity index (χ4v) is 2.62. The van der Waals surface area contributed by atoms with Crippen molar-refractivity contribution in [2.75, 3.05) is 7.11 Å². The predicted molar refractivity (Wildman–Crippen MR) is 80.3 cm³/mol. The van der Waals surface area contributed by atoms with Gasteiger partial charge in [0, 0.05) is 18.0 Å². The summed E-state index contributed by atoms with van der Waals surface area (Å²) in [4.78, 5) is 12.0. The van der Waals surface area contributed by atoms with E-state index in [1.54, 1.807) is 0 Å². The highest BCUT2D eigenvalue weighted by atomic mass is 32.2. The minimum absolute atomic E-state index is 0.00455. The van der Waals surface area contributed by atoms with Crippen LogP contribution in [0.1, 0.15) is 32.3 Å². The van der Waals surface area contributed by atoms with E-state index in [1.165, 1.54) is 25.3 Å². The number of amides is 1. The van der Waals surface area contributed by atoms with Crippen LogP contribution in [0.4, 0.5) is 0 Å². The number of nitrogens with two attached hydrogens (primary N) is 1. The molecule has 0 radical (unpaired) electrons. The molecule has 1 aromatic carbocycles. The molecular weight excluding hydrogens is 292 g/mol. The first-order valence-electron chi connectivity index (χ1n) is 6.80. The molecule has 0 unspecified atom stereocenters. The van der Waals surface area contributed by atoms with E-state index in [9.17, 15) is 13.2 Å². The van der Waals surface area contributed by atoms with Crippen LogP contribution >= 0.6 is 0 Å². The highest BCUT2D eigenvalue weighted by Gasteiger charge is 2.16. The molecule has 0 aromatic heterocycles. The van der Waals surface area contributed by atoms with Gasteiger partial charge in [-0.15, -0.1) is 0 Å². The molecule has 0 atom stereocenters. The number of ether oxygens (including phenoxy) is 1. The number of methoxy groups -OCH3 is 1. The van der Waals surface area contributed by atoms with E-state index < -0.39 is 10.0 Å². The van der Waals surface area contributed by atoms with Crippen molar-refractivity contribution in [1.29, 1.82) is 0 Å². The molecule has 0 aliphatic rings. The zero-order chi connectivity index (χ0) is 16.0. The van der Waals surface area contributed by atoms with Crippen LogP contribution in [0.25, 0.3) is 0 Å². The van der Waals surface area contributed by atoms with E-state index in [0.717, 1.165) is 12.8 Å². The van der Waals surface area contributed by atoms with Gasteiger partial charge in [-0.05, 0) is 31.0 Å². The summed E-state index contributed by atoms with van der Waals surface area (Å²) in [5, 5.41) is 7.91. The number of rotatable bonds is 7. The fourth-order valence-electron chi connectivity index (χ4n) is 2.06. The van der Waals surface area contributed by atoms with Gasteiger partial charge in [-0.2, -0.15) is 0 Å². The Bertz CT molecular complexity index is 595. The molecule has 0 saturated carbocycles. The van der Waals surface area contributed by atoms with Gasteiger partial charge in [-0.1, -0.05) is 13.8 Å². The Morgan fingerprint density at radius 2 is 1.95 bits per heavy atom. The highest BCUT2D eigenvalue weighted by molar-refractivity contribution is 7.89. The van der Waals surface area contributed by atoms with E-state index in [4.69, 9.17) is 9.88 Å². The molecule has 21 heavy (non-hydrogen) atoms. The number of hydrogen-bond donors (Lipinski definition) is 2. The average molecular weight is 314 g/mol. The number of nitrogens with one attached hydrogen (secondary N) is 1. The zero-order valence-electron chi connectivity index (χ0n) is 12.5. The molecule has 1 amide bonds. The second-order valence-electron chi connectivity index (χ2n) is 4.75. The van der Waals surface area contributed by atoms with Crippen LogP contribution in [-0.4, -0.2) is 21.4 Å². The summed E-state index contributed by atoms with van der Waals surface area (Å²) in [5.74, 6) is 0.410. The smallest absolute Gasteiger partial charge is 0.238 e. The number of carbonyl (C=O) groups is 1. The monoisotopic (exact) mass is 314 g/mol. The molecule has 1 aromatic rings. The maximum Gasteiger partial charge on any atom is 0.238 e. The lowest BCUT2D eigenvalue weighted by Gasteiger charge is -2.15. The molecular formula is C14H22N2O4S. The molecule has 0 fully saturated rings. The lowest BCUT2D eigenvalue weighted by Crippen LogP contribution is -2.29. The van der Waals surface area contributed by atoms with Crippen LogP contribution in [0, 0.1) is 5.92 Å². The Labute approximate surface area is 125 Å². The zero-order valence-corrected chi connectivity index (χ0v) is 13.4. The van der Waals surface area contributed by atoms with Gasteiger partial charge >= 0.3 is 0 Å². The maximum absolute atomic E-state index is 12.0. The Kier molecular flexibility index (Phi) is 6.17. The van der Waals surface area contributed by atoms with Gasteiger partial charge in [-0.25, -0.2) is 13.6 Å². The minimum Gasteiger partial charge on any atom is -0.496 e. The van der Waals surface area contributed by atoms with E-state index in [-0.39, 0.29) is 23.3 Å². The highest BCUT2D eigenvalue weighted by Crippen LogP contribution is 2.22. The Hall–Kier alpha value is -1.60. The van der Waals surface area contributed by atoms with E-state index in [2.05, 4.69) is 5.32 Å². The van der Waals surface area contributed by atoms with Gasteiger partial charge in [0.05, 0.1) is 12.0 Å². The van der Waals surface area contributed by atoms with Crippen molar-refractivity contribution in [3.05, 3.63) is 23.8 Å². The SMILES string of the molecule is CCC(CC)C(=O)NCc1cc(S(N)(=O)=O)ccc1OC. The molecule has 0 spiro atoms. The first-order chi connectivity index (χ1) is 9.83. The molecule has 1 rings (SSSR count). The first kappa shape index (κ1) is 17.5. The lowest BCUT2D eigenvalue weighted by molar-refractivity contribution is -0.125. The van der Waals surface area contributed by atoms with E-state index in [1.807, 2.05) is 13.8 Å². The van der Waals surface area contributed by atoms with Crippen LogP contribution in [0.15, 0.2) is 23.1 Å². The van der Waals surface area contributed by atoms with Crippen molar-refractivity contribution in [2.45, 2.75) is 38.1 Å². The Morgan fingerprint density at radius 1 is 1.33 bits per heavy atom. The molecule has 3 N–H and O–H groups in total. The molecule has 118 valence electrons. The summed E-state index contributed by atoms with van der Waals surface area (Å²) in [6.07, 6.45) is 1.52. The summed E-state index contributed by atoms with van der Waals surface area (Å²) in [5.41, 5.74) is 0.573. The third-order valence-corrected chi connectivity index (χ3v) is 4.30. The minimum atomic E-state index is -3.78. The van der Waals surface area contributed by atoms with Gasteiger partial charge < -0.3 is 10.1 Å². The van der Waals surface area contributed by atoms with Crippen molar-refractivity contribution in [2.24, 2.45) is 11.1 Å². The molecule has 0 bridgehead atoms. The largest absolute Gasteiger partial charge is 0.496 e. The topological polar surface area (TPSA) is 98.5 Å². The lowest BCUT2D eigenvalue weighted by atomic mass is 10.0. The van der Waals surface area contributed by atoms with Crippen LogP contribution in [0.5, 0.6) is 5.75 Å².